The summed E-state index contributed by atoms with van der Waals surface area (Å²) in [6.45, 7) is 7.78. The van der Waals surface area contributed by atoms with E-state index in [9.17, 15) is 9.18 Å². The highest BCUT2D eigenvalue weighted by Gasteiger charge is 2.21. The first kappa shape index (κ1) is 18.8. The van der Waals surface area contributed by atoms with Crippen molar-refractivity contribution in [1.82, 2.24) is 19.7 Å². The van der Waals surface area contributed by atoms with Crippen LogP contribution in [-0.2, 0) is 5.41 Å². The minimum absolute atomic E-state index is 0.0162. The van der Waals surface area contributed by atoms with Crippen molar-refractivity contribution in [3.8, 4) is 5.69 Å². The molecule has 0 saturated carbocycles. The first-order valence-corrected chi connectivity index (χ1v) is 9.13. The molecule has 0 unspecified atom stereocenters. The van der Waals surface area contributed by atoms with Crippen LogP contribution in [0, 0.1) is 12.7 Å². The Labute approximate surface area is 166 Å². The molecule has 4 rings (SSSR count). The molecular formula is C21H20FN5O2. The minimum atomic E-state index is -0.451. The fourth-order valence-electron chi connectivity index (χ4n) is 2.83. The molecule has 2 heterocycles. The first-order chi connectivity index (χ1) is 13.7. The van der Waals surface area contributed by atoms with Crippen LogP contribution in [-0.4, -0.2) is 25.7 Å². The zero-order valence-electron chi connectivity index (χ0n) is 16.5. The number of aromatic nitrogens is 4. The number of aryl methyl sites for hydroxylation is 1. The summed E-state index contributed by atoms with van der Waals surface area (Å²) in [6.07, 6.45) is 0. The van der Waals surface area contributed by atoms with E-state index in [0.717, 1.165) is 0 Å². The maximum atomic E-state index is 13.1. The number of nitrogens with one attached hydrogen (secondary N) is 1. The van der Waals surface area contributed by atoms with Gasteiger partial charge in [0.05, 0.1) is 5.69 Å². The number of rotatable bonds is 3. The average Bonchev–Trinajstić information content (AvgIpc) is 3.25. The first-order valence-electron chi connectivity index (χ1n) is 9.13. The van der Waals surface area contributed by atoms with Gasteiger partial charge in [-0.1, -0.05) is 20.8 Å². The van der Waals surface area contributed by atoms with Crippen LogP contribution in [0.25, 0.3) is 16.8 Å². The lowest BCUT2D eigenvalue weighted by Crippen LogP contribution is -2.14. The van der Waals surface area contributed by atoms with Gasteiger partial charge in [0.2, 0.25) is 11.7 Å². The van der Waals surface area contributed by atoms with Crippen molar-refractivity contribution in [1.29, 1.82) is 0 Å². The number of hydrogen-bond donors (Lipinski definition) is 1. The van der Waals surface area contributed by atoms with Crippen molar-refractivity contribution in [2.75, 3.05) is 5.32 Å². The molecule has 0 aliphatic rings. The summed E-state index contributed by atoms with van der Waals surface area (Å²) in [7, 11) is 0. The molecule has 0 aliphatic heterocycles. The third-order valence-electron chi connectivity index (χ3n) is 4.33. The zero-order chi connectivity index (χ0) is 20.8. The summed E-state index contributed by atoms with van der Waals surface area (Å²) < 4.78 is 20.4. The third-order valence-corrected chi connectivity index (χ3v) is 4.33. The molecule has 1 N–H and O–H groups in total. The highest BCUT2D eigenvalue weighted by atomic mass is 19.1. The Bertz CT molecular complexity index is 1200. The molecule has 2 aromatic heterocycles. The number of hydrogen-bond acceptors (Lipinski definition) is 5. The van der Waals surface area contributed by atoms with Crippen molar-refractivity contribution in [2.24, 2.45) is 0 Å². The van der Waals surface area contributed by atoms with Crippen molar-refractivity contribution < 1.29 is 13.6 Å². The maximum absolute atomic E-state index is 13.1. The van der Waals surface area contributed by atoms with E-state index in [0.29, 0.717) is 34.2 Å². The van der Waals surface area contributed by atoms with E-state index in [2.05, 4.69) is 20.4 Å². The van der Waals surface area contributed by atoms with E-state index in [1.54, 1.807) is 37.3 Å². The van der Waals surface area contributed by atoms with Crippen molar-refractivity contribution >= 4 is 22.7 Å². The van der Waals surface area contributed by atoms with Crippen molar-refractivity contribution in [3.63, 3.8) is 0 Å². The van der Waals surface area contributed by atoms with Crippen LogP contribution < -0.4 is 5.32 Å². The van der Waals surface area contributed by atoms with Crippen LogP contribution in [0.3, 0.4) is 0 Å². The summed E-state index contributed by atoms with van der Waals surface area (Å²) in [4.78, 5) is 21.3. The summed E-state index contributed by atoms with van der Waals surface area (Å²) in [5.74, 6) is 0.368. The Morgan fingerprint density at radius 3 is 2.52 bits per heavy atom. The van der Waals surface area contributed by atoms with Gasteiger partial charge in [-0.3, -0.25) is 4.79 Å². The van der Waals surface area contributed by atoms with Gasteiger partial charge >= 0.3 is 0 Å². The summed E-state index contributed by atoms with van der Waals surface area (Å²) in [6, 6.07) is 11.1. The zero-order valence-corrected chi connectivity index (χ0v) is 16.5. The standard InChI is InChI=1S/C21H20FN5O2/c1-12-23-18(26-27(12)15-8-5-13(22)6-9-15)19(28)24-14-7-10-17-16(11-14)25-20(29-17)21(2,3)4/h5-11H,1-4H3,(H,24,28). The average molecular weight is 393 g/mol. The van der Waals surface area contributed by atoms with Crippen LogP contribution >= 0.6 is 0 Å². The van der Waals surface area contributed by atoms with E-state index >= 15 is 0 Å². The molecule has 1 amide bonds. The summed E-state index contributed by atoms with van der Waals surface area (Å²) in [5.41, 5.74) is 2.29. The predicted molar refractivity (Wildman–Crippen MR) is 107 cm³/mol. The maximum Gasteiger partial charge on any atom is 0.295 e. The number of carbonyl (C=O) groups excluding carboxylic acids is 1. The van der Waals surface area contributed by atoms with Gasteiger partial charge in [0, 0.05) is 11.1 Å². The molecule has 2 aromatic carbocycles. The van der Waals surface area contributed by atoms with Gasteiger partial charge in [-0.25, -0.2) is 19.0 Å². The number of fused-ring (bicyclic) bond motifs is 1. The molecule has 0 aliphatic carbocycles. The number of carbonyl (C=O) groups is 1. The Morgan fingerprint density at radius 1 is 1.10 bits per heavy atom. The van der Waals surface area contributed by atoms with E-state index in [1.807, 2.05) is 20.8 Å². The number of oxazole rings is 1. The number of nitrogens with zero attached hydrogens (tertiary/aromatic N) is 4. The van der Waals surface area contributed by atoms with Gasteiger partial charge in [0.15, 0.2) is 5.58 Å². The molecule has 0 spiro atoms. The Balaban J connectivity index is 1.58. The molecule has 0 bridgehead atoms. The van der Waals surface area contributed by atoms with Gasteiger partial charge in [0.1, 0.15) is 17.2 Å². The Hall–Kier alpha value is -3.55. The SMILES string of the molecule is Cc1nc(C(=O)Nc2ccc3oc(C(C)(C)C)nc3c2)nn1-c1ccc(F)cc1. The largest absolute Gasteiger partial charge is 0.440 e. The molecule has 29 heavy (non-hydrogen) atoms. The second-order valence-electron chi connectivity index (χ2n) is 7.78. The second kappa shape index (κ2) is 6.80. The van der Waals surface area contributed by atoms with E-state index < -0.39 is 5.91 Å². The lowest BCUT2D eigenvalue weighted by molar-refractivity contribution is 0.101. The van der Waals surface area contributed by atoms with Gasteiger partial charge in [-0.15, -0.1) is 5.10 Å². The lowest BCUT2D eigenvalue weighted by atomic mass is 9.97. The summed E-state index contributed by atoms with van der Waals surface area (Å²) >= 11 is 0. The molecule has 0 atom stereocenters. The minimum Gasteiger partial charge on any atom is -0.440 e. The van der Waals surface area contributed by atoms with E-state index in [1.165, 1.54) is 16.8 Å². The van der Waals surface area contributed by atoms with Crippen molar-refractivity contribution in [2.45, 2.75) is 33.1 Å². The van der Waals surface area contributed by atoms with Crippen LogP contribution in [0.15, 0.2) is 46.9 Å². The molecule has 4 aromatic rings. The van der Waals surface area contributed by atoms with Crippen LogP contribution in [0.2, 0.25) is 0 Å². The highest BCUT2D eigenvalue weighted by Crippen LogP contribution is 2.27. The third kappa shape index (κ3) is 3.73. The van der Waals surface area contributed by atoms with Crippen molar-refractivity contribution in [3.05, 3.63) is 65.8 Å². The Kier molecular flexibility index (Phi) is 4.41. The molecule has 148 valence electrons. The van der Waals surface area contributed by atoms with E-state index in [-0.39, 0.29) is 17.1 Å². The number of benzene rings is 2. The molecule has 0 radical (unpaired) electrons. The Morgan fingerprint density at radius 2 is 1.83 bits per heavy atom. The smallest absolute Gasteiger partial charge is 0.295 e. The van der Waals surface area contributed by atoms with Crippen LogP contribution in [0.1, 0.15) is 43.1 Å². The monoisotopic (exact) mass is 393 g/mol. The molecule has 0 saturated heterocycles. The highest BCUT2D eigenvalue weighted by molar-refractivity contribution is 6.02. The van der Waals surface area contributed by atoms with E-state index in [4.69, 9.17) is 4.42 Å². The normalized spacial score (nSPS) is 11.8. The molecule has 0 fully saturated rings. The van der Waals surface area contributed by atoms with Gasteiger partial charge < -0.3 is 9.73 Å². The van der Waals surface area contributed by atoms with Crippen LogP contribution in [0.5, 0.6) is 0 Å². The second-order valence-corrected chi connectivity index (χ2v) is 7.78. The molecule has 7 nitrogen and oxygen atoms in total. The van der Waals surface area contributed by atoms with Gasteiger partial charge in [-0.2, -0.15) is 0 Å². The number of halogens is 1. The topological polar surface area (TPSA) is 85.8 Å². The summed E-state index contributed by atoms with van der Waals surface area (Å²) in [5, 5.41) is 7.02. The van der Waals surface area contributed by atoms with Crippen LogP contribution in [0.4, 0.5) is 10.1 Å². The van der Waals surface area contributed by atoms with Gasteiger partial charge in [-0.05, 0) is 49.4 Å². The number of amides is 1. The molecular weight excluding hydrogens is 373 g/mol. The fraction of sp³-hybridized carbons (Fsp3) is 0.238. The quantitative estimate of drug-likeness (QED) is 0.557. The number of anilines is 1. The lowest BCUT2D eigenvalue weighted by Gasteiger charge is -2.11. The molecule has 8 heteroatoms. The van der Waals surface area contributed by atoms with Gasteiger partial charge in [0.25, 0.3) is 5.91 Å². The fourth-order valence-corrected chi connectivity index (χ4v) is 2.83. The predicted octanol–water partition coefficient (Wildman–Crippen LogP) is 4.41.